The first-order valence-corrected chi connectivity index (χ1v) is 4.92. The molecule has 0 amide bonds. The van der Waals surface area contributed by atoms with Crippen molar-refractivity contribution in [2.24, 2.45) is 5.73 Å². The average molecular weight is 218 g/mol. The molecule has 0 spiro atoms. The van der Waals surface area contributed by atoms with Gasteiger partial charge in [0.05, 0.1) is 25.2 Å². The topological polar surface area (TPSA) is 76.1 Å². The second-order valence-electron chi connectivity index (χ2n) is 3.44. The van der Waals surface area contributed by atoms with Crippen molar-refractivity contribution in [1.29, 1.82) is 5.26 Å². The van der Waals surface area contributed by atoms with Gasteiger partial charge in [0.1, 0.15) is 0 Å². The minimum absolute atomic E-state index is 0.190. The van der Waals surface area contributed by atoms with Crippen LogP contribution in [0.25, 0.3) is 0 Å². The Bertz CT molecular complexity index is 447. The Hall–Kier alpha value is -1.86. The molecule has 4 heteroatoms. The van der Waals surface area contributed by atoms with Gasteiger partial charge in [-0.3, -0.25) is 4.79 Å². The fourth-order valence-electron chi connectivity index (χ4n) is 1.61. The lowest BCUT2D eigenvalue weighted by Crippen LogP contribution is -2.11. The van der Waals surface area contributed by atoms with E-state index in [0.717, 1.165) is 16.7 Å². The SMILES string of the molecule is COC(=O)Cc1ccc(C#N)c(C)c1CN. The van der Waals surface area contributed by atoms with Crippen LogP contribution in [0.15, 0.2) is 12.1 Å². The summed E-state index contributed by atoms with van der Waals surface area (Å²) in [4.78, 5) is 11.2. The third kappa shape index (κ3) is 2.38. The predicted octanol–water partition coefficient (Wildman–Crippen LogP) is 1.04. The van der Waals surface area contributed by atoms with Crippen LogP contribution < -0.4 is 5.73 Å². The van der Waals surface area contributed by atoms with Crippen LogP contribution in [0.2, 0.25) is 0 Å². The molecule has 16 heavy (non-hydrogen) atoms. The summed E-state index contributed by atoms with van der Waals surface area (Å²) in [6, 6.07) is 5.55. The van der Waals surface area contributed by atoms with Crippen molar-refractivity contribution < 1.29 is 9.53 Å². The van der Waals surface area contributed by atoms with Crippen LogP contribution in [0.5, 0.6) is 0 Å². The number of methoxy groups -OCH3 is 1. The van der Waals surface area contributed by atoms with Crippen molar-refractivity contribution in [1.82, 2.24) is 0 Å². The maximum absolute atomic E-state index is 11.2. The van der Waals surface area contributed by atoms with E-state index in [-0.39, 0.29) is 12.4 Å². The molecule has 0 fully saturated rings. The summed E-state index contributed by atoms with van der Waals surface area (Å²) >= 11 is 0. The Labute approximate surface area is 94.6 Å². The van der Waals surface area contributed by atoms with Crippen LogP contribution in [0.4, 0.5) is 0 Å². The second kappa shape index (κ2) is 5.29. The zero-order chi connectivity index (χ0) is 12.1. The van der Waals surface area contributed by atoms with Gasteiger partial charge in [0, 0.05) is 6.54 Å². The highest BCUT2D eigenvalue weighted by molar-refractivity contribution is 5.73. The lowest BCUT2D eigenvalue weighted by Gasteiger charge is -2.11. The number of nitriles is 1. The van der Waals surface area contributed by atoms with E-state index in [1.807, 2.05) is 6.92 Å². The molecule has 0 bridgehead atoms. The predicted molar refractivity (Wildman–Crippen MR) is 59.5 cm³/mol. The molecule has 1 aromatic rings. The third-order valence-corrected chi connectivity index (χ3v) is 2.58. The van der Waals surface area contributed by atoms with Gasteiger partial charge in [-0.2, -0.15) is 5.26 Å². The smallest absolute Gasteiger partial charge is 0.309 e. The zero-order valence-corrected chi connectivity index (χ0v) is 9.41. The van der Waals surface area contributed by atoms with Gasteiger partial charge in [-0.15, -0.1) is 0 Å². The molecule has 84 valence electrons. The summed E-state index contributed by atoms with van der Waals surface area (Å²) in [6.45, 7) is 2.15. The van der Waals surface area contributed by atoms with E-state index in [1.165, 1.54) is 7.11 Å². The molecule has 0 atom stereocenters. The first-order chi connectivity index (χ1) is 7.63. The number of esters is 1. The van der Waals surface area contributed by atoms with Gasteiger partial charge in [0.15, 0.2) is 0 Å². The van der Waals surface area contributed by atoms with Crippen molar-refractivity contribution in [2.75, 3.05) is 7.11 Å². The van der Waals surface area contributed by atoms with Crippen molar-refractivity contribution in [3.05, 3.63) is 34.4 Å². The Morgan fingerprint density at radius 1 is 1.56 bits per heavy atom. The molecule has 0 saturated heterocycles. The molecule has 0 saturated carbocycles. The van der Waals surface area contributed by atoms with Crippen molar-refractivity contribution >= 4 is 5.97 Å². The van der Waals surface area contributed by atoms with Gasteiger partial charge in [0.2, 0.25) is 0 Å². The van der Waals surface area contributed by atoms with Gasteiger partial charge < -0.3 is 10.5 Å². The summed E-state index contributed by atoms with van der Waals surface area (Å²) in [5.74, 6) is -0.307. The Kier molecular flexibility index (Phi) is 4.03. The van der Waals surface area contributed by atoms with Crippen LogP contribution >= 0.6 is 0 Å². The molecule has 1 aromatic carbocycles. The molecule has 0 aliphatic heterocycles. The number of carbonyl (C=O) groups excluding carboxylic acids is 1. The highest BCUT2D eigenvalue weighted by Crippen LogP contribution is 2.18. The summed E-state index contributed by atoms with van der Waals surface area (Å²) < 4.78 is 4.61. The number of ether oxygens (including phenoxy) is 1. The maximum Gasteiger partial charge on any atom is 0.309 e. The number of benzene rings is 1. The van der Waals surface area contributed by atoms with Gasteiger partial charge in [0.25, 0.3) is 0 Å². The molecule has 0 aromatic heterocycles. The van der Waals surface area contributed by atoms with Crippen molar-refractivity contribution in [3.8, 4) is 6.07 Å². The van der Waals surface area contributed by atoms with E-state index in [0.29, 0.717) is 12.1 Å². The highest BCUT2D eigenvalue weighted by atomic mass is 16.5. The van der Waals surface area contributed by atoms with E-state index < -0.39 is 0 Å². The molecule has 4 nitrogen and oxygen atoms in total. The second-order valence-corrected chi connectivity index (χ2v) is 3.44. The molecule has 0 aliphatic carbocycles. The number of rotatable bonds is 3. The molecule has 1 rings (SSSR count). The van der Waals surface area contributed by atoms with Gasteiger partial charge >= 0.3 is 5.97 Å². The number of nitrogens with zero attached hydrogens (tertiary/aromatic N) is 1. The Balaban J connectivity index is 3.17. The van der Waals surface area contributed by atoms with Crippen LogP contribution in [-0.4, -0.2) is 13.1 Å². The van der Waals surface area contributed by atoms with Gasteiger partial charge in [-0.05, 0) is 29.7 Å². The highest BCUT2D eigenvalue weighted by Gasteiger charge is 2.11. The quantitative estimate of drug-likeness (QED) is 0.769. The number of hydrogen-bond donors (Lipinski definition) is 1. The zero-order valence-electron chi connectivity index (χ0n) is 9.41. The maximum atomic E-state index is 11.2. The lowest BCUT2D eigenvalue weighted by atomic mass is 9.96. The van der Waals surface area contributed by atoms with Gasteiger partial charge in [-0.25, -0.2) is 0 Å². The molecule has 0 radical (unpaired) electrons. The van der Waals surface area contributed by atoms with E-state index in [4.69, 9.17) is 11.0 Å². The molecular weight excluding hydrogens is 204 g/mol. The van der Waals surface area contributed by atoms with Crippen molar-refractivity contribution in [3.63, 3.8) is 0 Å². The van der Waals surface area contributed by atoms with E-state index in [2.05, 4.69) is 10.8 Å². The fourth-order valence-corrected chi connectivity index (χ4v) is 1.61. The van der Waals surface area contributed by atoms with Crippen LogP contribution in [0.1, 0.15) is 22.3 Å². The average Bonchev–Trinajstić information content (AvgIpc) is 2.29. The van der Waals surface area contributed by atoms with Gasteiger partial charge in [-0.1, -0.05) is 6.07 Å². The minimum atomic E-state index is -0.307. The molecule has 0 unspecified atom stereocenters. The molecule has 0 aliphatic rings. The molecular formula is C12H14N2O2. The summed E-state index contributed by atoms with van der Waals surface area (Å²) in [5, 5.41) is 8.87. The van der Waals surface area contributed by atoms with Crippen molar-refractivity contribution in [2.45, 2.75) is 19.9 Å². The molecule has 2 N–H and O–H groups in total. The fraction of sp³-hybridized carbons (Fsp3) is 0.333. The first kappa shape index (κ1) is 12.2. The third-order valence-electron chi connectivity index (χ3n) is 2.58. The number of nitrogens with two attached hydrogens (primary N) is 1. The summed E-state index contributed by atoms with van der Waals surface area (Å²) in [7, 11) is 1.35. The number of carbonyl (C=O) groups is 1. The summed E-state index contributed by atoms with van der Waals surface area (Å²) in [5.41, 5.74) is 8.74. The molecule has 0 heterocycles. The van der Waals surface area contributed by atoms with E-state index in [1.54, 1.807) is 12.1 Å². The normalized spacial score (nSPS) is 9.62. The van der Waals surface area contributed by atoms with E-state index in [9.17, 15) is 4.79 Å². The van der Waals surface area contributed by atoms with Crippen LogP contribution in [0.3, 0.4) is 0 Å². The standard InChI is InChI=1S/C12H14N2O2/c1-8-10(6-13)4-3-9(11(8)7-14)5-12(15)16-2/h3-4H,5,7,14H2,1-2H3. The Morgan fingerprint density at radius 2 is 2.25 bits per heavy atom. The van der Waals surface area contributed by atoms with Crippen LogP contribution in [0, 0.1) is 18.3 Å². The number of hydrogen-bond acceptors (Lipinski definition) is 4. The summed E-state index contributed by atoms with van der Waals surface area (Å²) in [6.07, 6.45) is 0.190. The first-order valence-electron chi connectivity index (χ1n) is 4.92. The minimum Gasteiger partial charge on any atom is -0.469 e. The van der Waals surface area contributed by atoms with Crippen LogP contribution in [-0.2, 0) is 22.5 Å². The Morgan fingerprint density at radius 3 is 2.75 bits per heavy atom. The largest absolute Gasteiger partial charge is 0.469 e. The van der Waals surface area contributed by atoms with E-state index >= 15 is 0 Å². The lowest BCUT2D eigenvalue weighted by molar-refractivity contribution is -0.139. The monoisotopic (exact) mass is 218 g/mol.